The van der Waals surface area contributed by atoms with Gasteiger partial charge in [0.1, 0.15) is 16.9 Å². The summed E-state index contributed by atoms with van der Waals surface area (Å²) in [5.41, 5.74) is 4.06. The van der Waals surface area contributed by atoms with Gasteiger partial charge in [0.05, 0.1) is 18.5 Å². The number of hydrogen-bond donors (Lipinski definition) is 1. The second-order valence-corrected chi connectivity index (χ2v) is 7.18. The van der Waals surface area contributed by atoms with Crippen LogP contribution in [-0.2, 0) is 6.54 Å². The molecule has 0 saturated heterocycles. The molecule has 0 spiro atoms. The topological polar surface area (TPSA) is 67.7 Å². The van der Waals surface area contributed by atoms with E-state index < -0.39 is 0 Å². The van der Waals surface area contributed by atoms with Crippen LogP contribution in [0.4, 0.5) is 5.69 Å². The number of carbonyl (C=O) groups excluding carboxylic acids is 1. The molecule has 0 aliphatic rings. The smallest absolute Gasteiger partial charge is 0.257 e. The van der Waals surface area contributed by atoms with Crippen LogP contribution in [0.3, 0.4) is 0 Å². The van der Waals surface area contributed by atoms with Gasteiger partial charge in [-0.3, -0.25) is 4.79 Å². The van der Waals surface area contributed by atoms with E-state index in [0.717, 1.165) is 22.2 Å². The lowest BCUT2D eigenvalue weighted by atomic mass is 10.1. The molecule has 2 aromatic carbocycles. The minimum absolute atomic E-state index is 0.241. The van der Waals surface area contributed by atoms with Crippen LogP contribution in [-0.4, -0.2) is 5.91 Å². The Morgan fingerprint density at radius 3 is 2.76 bits per heavy atom. The molecule has 29 heavy (non-hydrogen) atoms. The minimum atomic E-state index is -0.309. The zero-order valence-electron chi connectivity index (χ0n) is 16.0. The van der Waals surface area contributed by atoms with Gasteiger partial charge in [-0.1, -0.05) is 23.7 Å². The lowest BCUT2D eigenvalue weighted by Crippen LogP contribution is -2.28. The Labute approximate surface area is 172 Å². The van der Waals surface area contributed by atoms with E-state index in [0.29, 0.717) is 21.9 Å². The maximum atomic E-state index is 12.9. The number of benzene rings is 2. The molecular formula is C23H19ClN2O3. The van der Waals surface area contributed by atoms with Gasteiger partial charge < -0.3 is 14.2 Å². The lowest BCUT2D eigenvalue weighted by molar-refractivity contribution is 0.0944. The second kappa shape index (κ2) is 7.97. The molecule has 4 aromatic rings. The Kier molecular flexibility index (Phi) is 5.23. The van der Waals surface area contributed by atoms with Crippen LogP contribution < -0.4 is 10.9 Å². The van der Waals surface area contributed by atoms with Crippen LogP contribution in [0.25, 0.3) is 11.0 Å². The van der Waals surface area contributed by atoms with Crippen molar-refractivity contribution in [1.29, 1.82) is 0 Å². The van der Waals surface area contributed by atoms with Crippen LogP contribution in [0.2, 0.25) is 5.02 Å². The fourth-order valence-corrected chi connectivity index (χ4v) is 3.17. The van der Waals surface area contributed by atoms with Crippen LogP contribution >= 0.6 is 11.6 Å². The minimum Gasteiger partial charge on any atom is -0.467 e. The predicted molar refractivity (Wildman–Crippen MR) is 112 cm³/mol. The molecule has 1 N–H and O–H groups in total. The first-order valence-corrected chi connectivity index (χ1v) is 9.54. The highest BCUT2D eigenvalue weighted by Crippen LogP contribution is 2.22. The molecule has 0 radical (unpaired) electrons. The molecule has 0 unspecified atom stereocenters. The highest BCUT2D eigenvalue weighted by molar-refractivity contribution is 6.31. The number of nitrogens with one attached hydrogen (secondary N) is 1. The van der Waals surface area contributed by atoms with Gasteiger partial charge in [-0.15, -0.1) is 0 Å². The molecule has 5 nitrogen and oxygen atoms in total. The lowest BCUT2D eigenvalue weighted by Gasteiger charge is -2.07. The molecular weight excluding hydrogens is 388 g/mol. The fraction of sp³-hybridized carbons (Fsp3) is 0.130. The monoisotopic (exact) mass is 406 g/mol. The summed E-state index contributed by atoms with van der Waals surface area (Å²) >= 11 is 6.11. The van der Waals surface area contributed by atoms with Crippen molar-refractivity contribution >= 4 is 34.2 Å². The van der Waals surface area contributed by atoms with Crippen LogP contribution in [0.1, 0.15) is 27.2 Å². The third kappa shape index (κ3) is 4.10. The molecule has 0 fully saturated rings. The molecule has 0 saturated carbocycles. The molecule has 1 amide bonds. The first-order chi connectivity index (χ1) is 14.0. The number of carbonyl (C=O) groups is 1. The van der Waals surface area contributed by atoms with Crippen molar-refractivity contribution < 1.29 is 13.6 Å². The third-order valence-corrected chi connectivity index (χ3v) is 4.99. The summed E-state index contributed by atoms with van der Waals surface area (Å²) in [6.07, 6.45) is 1.57. The Hall–Kier alpha value is -3.31. The number of hydrogen-bond acceptors (Lipinski definition) is 4. The second-order valence-electron chi connectivity index (χ2n) is 6.74. The van der Waals surface area contributed by atoms with Crippen molar-refractivity contribution in [1.82, 2.24) is 5.32 Å². The highest BCUT2D eigenvalue weighted by atomic mass is 35.5. The summed E-state index contributed by atoms with van der Waals surface area (Å²) in [5, 5.41) is 4.13. The molecule has 146 valence electrons. The van der Waals surface area contributed by atoms with E-state index in [4.69, 9.17) is 20.4 Å². The molecule has 0 aliphatic carbocycles. The van der Waals surface area contributed by atoms with Crippen molar-refractivity contribution in [2.75, 3.05) is 0 Å². The summed E-state index contributed by atoms with van der Waals surface area (Å²) in [4.78, 5) is 17.6. The van der Waals surface area contributed by atoms with Crippen LogP contribution in [0, 0.1) is 13.8 Å². The number of fused-ring (bicyclic) bond motifs is 1. The van der Waals surface area contributed by atoms with E-state index >= 15 is 0 Å². The van der Waals surface area contributed by atoms with Gasteiger partial charge in [0, 0.05) is 10.4 Å². The molecule has 2 heterocycles. The quantitative estimate of drug-likeness (QED) is 0.489. The standard InChI is InChI=1S/C23H19ClN2O3/c1-14-5-3-7-20(15(14)2)26-23-19(22(27)25-13-18-6-4-10-28-18)12-16-11-17(24)8-9-21(16)29-23/h3-12H,13H2,1-2H3,(H,25,27). The molecule has 6 heteroatoms. The Morgan fingerprint density at radius 1 is 1.10 bits per heavy atom. The van der Waals surface area contributed by atoms with Gasteiger partial charge in [0.25, 0.3) is 5.91 Å². The first kappa shape index (κ1) is 19.0. The molecule has 4 rings (SSSR count). The fourth-order valence-electron chi connectivity index (χ4n) is 2.99. The number of halogens is 1. The van der Waals surface area contributed by atoms with Gasteiger partial charge in [-0.25, -0.2) is 4.99 Å². The molecule has 2 aromatic heterocycles. The zero-order valence-corrected chi connectivity index (χ0v) is 16.8. The summed E-state index contributed by atoms with van der Waals surface area (Å²) < 4.78 is 11.3. The maximum absolute atomic E-state index is 12.9. The summed E-state index contributed by atoms with van der Waals surface area (Å²) in [5.74, 6) is 0.350. The number of nitrogens with zero attached hydrogens (tertiary/aromatic N) is 1. The van der Waals surface area contributed by atoms with E-state index in [-0.39, 0.29) is 18.0 Å². The summed E-state index contributed by atoms with van der Waals surface area (Å²) in [6.45, 7) is 4.28. The van der Waals surface area contributed by atoms with Crippen molar-refractivity contribution in [3.8, 4) is 0 Å². The molecule has 0 atom stereocenters. The Bertz CT molecular complexity index is 1260. The molecule has 0 bridgehead atoms. The Balaban J connectivity index is 1.83. The highest BCUT2D eigenvalue weighted by Gasteiger charge is 2.14. The number of aryl methyl sites for hydroxylation is 1. The van der Waals surface area contributed by atoms with Gasteiger partial charge in [-0.05, 0) is 67.4 Å². The van der Waals surface area contributed by atoms with E-state index in [9.17, 15) is 4.79 Å². The van der Waals surface area contributed by atoms with Gasteiger partial charge in [0.2, 0.25) is 5.55 Å². The van der Waals surface area contributed by atoms with Gasteiger partial charge >= 0.3 is 0 Å². The van der Waals surface area contributed by atoms with Crippen molar-refractivity contribution in [3.05, 3.63) is 93.9 Å². The number of rotatable bonds is 4. The first-order valence-electron chi connectivity index (χ1n) is 9.16. The van der Waals surface area contributed by atoms with Crippen LogP contribution in [0.15, 0.2) is 74.7 Å². The average molecular weight is 407 g/mol. The predicted octanol–water partition coefficient (Wildman–Crippen LogP) is 5.46. The maximum Gasteiger partial charge on any atom is 0.257 e. The zero-order chi connectivity index (χ0) is 20.4. The van der Waals surface area contributed by atoms with Crippen molar-refractivity contribution in [3.63, 3.8) is 0 Å². The number of furan rings is 1. The normalized spacial score (nSPS) is 11.8. The Morgan fingerprint density at radius 2 is 1.97 bits per heavy atom. The summed E-state index contributed by atoms with van der Waals surface area (Å²) in [6, 6.07) is 16.4. The van der Waals surface area contributed by atoms with Gasteiger partial charge in [-0.2, -0.15) is 0 Å². The number of amides is 1. The third-order valence-electron chi connectivity index (χ3n) is 4.75. The average Bonchev–Trinajstić information content (AvgIpc) is 3.23. The largest absolute Gasteiger partial charge is 0.467 e. The van der Waals surface area contributed by atoms with E-state index in [1.54, 1.807) is 42.7 Å². The summed E-state index contributed by atoms with van der Waals surface area (Å²) in [7, 11) is 0. The van der Waals surface area contributed by atoms with Crippen LogP contribution in [0.5, 0.6) is 0 Å². The molecule has 0 aliphatic heterocycles. The van der Waals surface area contributed by atoms with Crippen molar-refractivity contribution in [2.45, 2.75) is 20.4 Å². The van der Waals surface area contributed by atoms with E-state index in [1.807, 2.05) is 32.0 Å². The van der Waals surface area contributed by atoms with Crippen molar-refractivity contribution in [2.24, 2.45) is 4.99 Å². The van der Waals surface area contributed by atoms with E-state index in [1.165, 1.54) is 0 Å². The SMILES string of the molecule is Cc1cccc(N=c2oc3ccc(Cl)cc3cc2C(=O)NCc2ccco2)c1C. The van der Waals surface area contributed by atoms with Gasteiger partial charge in [0.15, 0.2) is 0 Å². The van der Waals surface area contributed by atoms with E-state index in [2.05, 4.69) is 10.3 Å².